The first-order chi connectivity index (χ1) is 8.16. The van der Waals surface area contributed by atoms with Gasteiger partial charge in [-0.05, 0) is 30.9 Å². The molecule has 1 aromatic carbocycles. The first-order valence-electron chi connectivity index (χ1n) is 6.20. The molecule has 1 saturated carbocycles. The van der Waals surface area contributed by atoms with Gasteiger partial charge in [-0.2, -0.15) is 0 Å². The Kier molecular flexibility index (Phi) is 3.67. The smallest absolute Gasteiger partial charge is 0.305 e. The van der Waals surface area contributed by atoms with Crippen LogP contribution in [-0.4, -0.2) is 23.7 Å². The van der Waals surface area contributed by atoms with Gasteiger partial charge in [-0.15, -0.1) is 0 Å². The monoisotopic (exact) mass is 233 g/mol. The van der Waals surface area contributed by atoms with Crippen LogP contribution < -0.4 is 4.90 Å². The van der Waals surface area contributed by atoms with Crippen molar-refractivity contribution in [3.05, 3.63) is 30.3 Å². The minimum atomic E-state index is -0.724. The molecule has 0 heterocycles. The fraction of sp³-hybridized carbons (Fsp3) is 0.500. The molecular formula is C14H19NO2. The Morgan fingerprint density at radius 2 is 2.00 bits per heavy atom. The highest BCUT2D eigenvalue weighted by atomic mass is 16.4. The van der Waals surface area contributed by atoms with Gasteiger partial charge in [0, 0.05) is 18.3 Å². The Bertz CT molecular complexity index is 371. The van der Waals surface area contributed by atoms with Crippen molar-refractivity contribution in [2.75, 3.05) is 11.4 Å². The second kappa shape index (κ2) is 5.21. The number of carbonyl (C=O) groups is 1. The van der Waals surface area contributed by atoms with E-state index in [1.54, 1.807) is 0 Å². The highest BCUT2D eigenvalue weighted by Crippen LogP contribution is 2.34. The van der Waals surface area contributed by atoms with E-state index in [4.69, 9.17) is 5.11 Å². The third kappa shape index (κ3) is 2.99. The van der Waals surface area contributed by atoms with E-state index in [0.717, 1.165) is 11.6 Å². The summed E-state index contributed by atoms with van der Waals surface area (Å²) in [5, 5.41) is 8.81. The van der Waals surface area contributed by atoms with E-state index in [2.05, 4.69) is 24.0 Å². The molecule has 2 rings (SSSR count). The Balaban J connectivity index is 2.04. The van der Waals surface area contributed by atoms with Gasteiger partial charge in [-0.25, -0.2) is 0 Å². The average Bonchev–Trinajstić information content (AvgIpc) is 2.28. The predicted octanol–water partition coefficient (Wildman–Crippen LogP) is 2.77. The van der Waals surface area contributed by atoms with Crippen molar-refractivity contribution in [3.8, 4) is 0 Å². The molecule has 17 heavy (non-hydrogen) atoms. The molecule has 1 fully saturated rings. The summed E-state index contributed by atoms with van der Waals surface area (Å²) in [6.45, 7) is 2.85. The van der Waals surface area contributed by atoms with Crippen LogP contribution in [0.15, 0.2) is 30.3 Å². The fourth-order valence-electron chi connectivity index (χ4n) is 2.47. The maximum Gasteiger partial charge on any atom is 0.305 e. The van der Waals surface area contributed by atoms with Gasteiger partial charge >= 0.3 is 5.97 Å². The van der Waals surface area contributed by atoms with Crippen LogP contribution in [0.5, 0.6) is 0 Å². The first kappa shape index (κ1) is 12.0. The molecule has 3 nitrogen and oxygen atoms in total. The Morgan fingerprint density at radius 1 is 1.35 bits per heavy atom. The number of hydrogen-bond acceptors (Lipinski definition) is 2. The lowest BCUT2D eigenvalue weighted by molar-refractivity contribution is -0.136. The lowest BCUT2D eigenvalue weighted by atomic mass is 9.80. The second-order valence-corrected chi connectivity index (χ2v) is 4.90. The molecule has 1 aliphatic carbocycles. The topological polar surface area (TPSA) is 40.5 Å². The number of rotatable bonds is 5. The Morgan fingerprint density at radius 3 is 2.53 bits per heavy atom. The lowest BCUT2D eigenvalue weighted by Gasteiger charge is -2.43. The molecule has 92 valence electrons. The number of carboxylic acid groups (broad SMARTS) is 1. The fourth-order valence-corrected chi connectivity index (χ4v) is 2.47. The van der Waals surface area contributed by atoms with Gasteiger partial charge in [0.15, 0.2) is 0 Å². The van der Waals surface area contributed by atoms with Crippen molar-refractivity contribution in [1.29, 1.82) is 0 Å². The lowest BCUT2D eigenvalue weighted by Crippen LogP contribution is -2.45. The third-order valence-electron chi connectivity index (χ3n) is 3.44. The van der Waals surface area contributed by atoms with Crippen molar-refractivity contribution < 1.29 is 9.90 Å². The van der Waals surface area contributed by atoms with Gasteiger partial charge in [0.2, 0.25) is 0 Å². The Labute approximate surface area is 102 Å². The molecule has 0 unspecified atom stereocenters. The molecule has 0 amide bonds. The standard InChI is InChI=1S/C14H19NO2/c1-11-9-13(10-11)15(8-7-14(16)17)12-5-3-2-4-6-12/h2-6,11,13H,7-10H2,1H3,(H,16,17). The molecule has 1 aliphatic rings. The van der Waals surface area contributed by atoms with Crippen molar-refractivity contribution in [2.45, 2.75) is 32.2 Å². The summed E-state index contributed by atoms with van der Waals surface area (Å²) in [7, 11) is 0. The molecule has 0 spiro atoms. The van der Waals surface area contributed by atoms with E-state index < -0.39 is 5.97 Å². The van der Waals surface area contributed by atoms with Gasteiger partial charge in [-0.1, -0.05) is 25.1 Å². The molecule has 0 bridgehead atoms. The van der Waals surface area contributed by atoms with Gasteiger partial charge in [0.05, 0.1) is 6.42 Å². The Hall–Kier alpha value is -1.51. The molecule has 0 saturated heterocycles. The molecule has 0 aliphatic heterocycles. The zero-order chi connectivity index (χ0) is 12.3. The van der Waals surface area contributed by atoms with Crippen molar-refractivity contribution in [2.24, 2.45) is 5.92 Å². The third-order valence-corrected chi connectivity index (χ3v) is 3.44. The number of nitrogens with zero attached hydrogens (tertiary/aromatic N) is 1. The average molecular weight is 233 g/mol. The van der Waals surface area contributed by atoms with E-state index in [-0.39, 0.29) is 6.42 Å². The summed E-state index contributed by atoms with van der Waals surface area (Å²) in [6, 6.07) is 10.6. The molecule has 0 radical (unpaired) electrons. The van der Waals surface area contributed by atoms with Crippen molar-refractivity contribution >= 4 is 11.7 Å². The minimum Gasteiger partial charge on any atom is -0.481 e. The maximum atomic E-state index is 10.7. The van der Waals surface area contributed by atoms with E-state index in [0.29, 0.717) is 12.6 Å². The van der Waals surface area contributed by atoms with Crippen LogP contribution in [0.2, 0.25) is 0 Å². The minimum absolute atomic E-state index is 0.208. The van der Waals surface area contributed by atoms with E-state index >= 15 is 0 Å². The highest BCUT2D eigenvalue weighted by molar-refractivity contribution is 5.67. The van der Waals surface area contributed by atoms with E-state index in [9.17, 15) is 4.79 Å². The summed E-state index contributed by atoms with van der Waals surface area (Å²) < 4.78 is 0. The number of benzene rings is 1. The maximum absolute atomic E-state index is 10.7. The highest BCUT2D eigenvalue weighted by Gasteiger charge is 2.30. The summed E-state index contributed by atoms with van der Waals surface area (Å²) in [5.74, 6) is 0.0503. The zero-order valence-corrected chi connectivity index (χ0v) is 10.2. The predicted molar refractivity (Wildman–Crippen MR) is 68.2 cm³/mol. The van der Waals surface area contributed by atoms with Crippen LogP contribution in [-0.2, 0) is 4.79 Å². The number of aliphatic carboxylic acids is 1. The van der Waals surface area contributed by atoms with E-state index in [1.807, 2.05) is 18.2 Å². The van der Waals surface area contributed by atoms with Crippen molar-refractivity contribution in [1.82, 2.24) is 0 Å². The summed E-state index contributed by atoms with van der Waals surface area (Å²) >= 11 is 0. The molecule has 0 aromatic heterocycles. The van der Waals surface area contributed by atoms with Gasteiger partial charge < -0.3 is 10.0 Å². The number of anilines is 1. The largest absolute Gasteiger partial charge is 0.481 e. The molecule has 0 atom stereocenters. The normalized spacial score (nSPS) is 22.9. The van der Waals surface area contributed by atoms with Gasteiger partial charge in [0.1, 0.15) is 0 Å². The molecule has 1 aromatic rings. The van der Waals surface area contributed by atoms with Crippen LogP contribution in [0.4, 0.5) is 5.69 Å². The van der Waals surface area contributed by atoms with Crippen molar-refractivity contribution in [3.63, 3.8) is 0 Å². The number of hydrogen-bond donors (Lipinski definition) is 1. The summed E-state index contributed by atoms with van der Waals surface area (Å²) in [4.78, 5) is 12.9. The number of carboxylic acids is 1. The van der Waals surface area contributed by atoms with Crippen LogP contribution in [0, 0.1) is 5.92 Å². The first-order valence-corrected chi connectivity index (χ1v) is 6.20. The van der Waals surface area contributed by atoms with Gasteiger partial charge in [-0.3, -0.25) is 4.79 Å². The van der Waals surface area contributed by atoms with E-state index in [1.165, 1.54) is 12.8 Å². The molecule has 3 heteroatoms. The van der Waals surface area contributed by atoms with Crippen LogP contribution in [0.3, 0.4) is 0 Å². The number of para-hydroxylation sites is 1. The summed E-state index contributed by atoms with van der Waals surface area (Å²) in [5.41, 5.74) is 1.14. The van der Waals surface area contributed by atoms with Gasteiger partial charge in [0.25, 0.3) is 0 Å². The molecule has 1 N–H and O–H groups in total. The van der Waals surface area contributed by atoms with Crippen LogP contribution in [0.25, 0.3) is 0 Å². The summed E-state index contributed by atoms with van der Waals surface area (Å²) in [6.07, 6.45) is 2.56. The second-order valence-electron chi connectivity index (χ2n) is 4.90. The molecular weight excluding hydrogens is 214 g/mol. The SMILES string of the molecule is CC1CC(N(CCC(=O)O)c2ccccc2)C1. The zero-order valence-electron chi connectivity index (χ0n) is 10.2. The van der Waals surface area contributed by atoms with Crippen LogP contribution in [0.1, 0.15) is 26.2 Å². The quantitative estimate of drug-likeness (QED) is 0.850. The van der Waals surface area contributed by atoms with Crippen LogP contribution >= 0.6 is 0 Å².